The molecule has 90 valence electrons. The second kappa shape index (κ2) is 5.65. The molecule has 1 aromatic rings. The van der Waals surface area contributed by atoms with Crippen LogP contribution in [0.5, 0.6) is 0 Å². The minimum Gasteiger partial charge on any atom is -0.383 e. The van der Waals surface area contributed by atoms with Crippen molar-refractivity contribution in [2.75, 3.05) is 20.3 Å². The number of amides is 1. The van der Waals surface area contributed by atoms with Gasteiger partial charge in [-0.2, -0.15) is 5.10 Å². The second-order valence-electron chi connectivity index (χ2n) is 3.83. The van der Waals surface area contributed by atoms with E-state index in [1.165, 1.54) is 0 Å². The molecule has 0 aliphatic carbocycles. The molecule has 1 atom stereocenters. The first-order chi connectivity index (χ1) is 7.56. The van der Waals surface area contributed by atoms with Gasteiger partial charge in [-0.3, -0.25) is 9.48 Å². The van der Waals surface area contributed by atoms with E-state index in [4.69, 9.17) is 4.74 Å². The number of hydrogen-bond acceptors (Lipinski definition) is 3. The highest BCUT2D eigenvalue weighted by molar-refractivity contribution is 5.79. The summed E-state index contributed by atoms with van der Waals surface area (Å²) in [6.45, 7) is 6.74. The number of carbonyl (C=O) groups excluding carboxylic acids is 1. The van der Waals surface area contributed by atoms with Gasteiger partial charge in [0.2, 0.25) is 5.91 Å². The molecule has 1 N–H and O–H groups in total. The van der Waals surface area contributed by atoms with Crippen LogP contribution in [0.4, 0.5) is 0 Å². The number of rotatable bonds is 5. The largest absolute Gasteiger partial charge is 0.383 e. The Morgan fingerprint density at radius 1 is 1.62 bits per heavy atom. The third kappa shape index (κ3) is 3.06. The van der Waals surface area contributed by atoms with Crippen molar-refractivity contribution >= 4 is 5.91 Å². The van der Waals surface area contributed by atoms with Gasteiger partial charge in [-0.1, -0.05) is 0 Å². The van der Waals surface area contributed by atoms with Crippen LogP contribution in [0, 0.1) is 13.8 Å². The van der Waals surface area contributed by atoms with Gasteiger partial charge in [-0.25, -0.2) is 0 Å². The Morgan fingerprint density at radius 2 is 2.31 bits per heavy atom. The molecule has 1 heterocycles. The highest BCUT2D eigenvalue weighted by atomic mass is 16.5. The first-order valence-corrected chi connectivity index (χ1v) is 5.35. The molecule has 1 aromatic heterocycles. The average molecular weight is 225 g/mol. The van der Waals surface area contributed by atoms with E-state index in [0.717, 1.165) is 11.4 Å². The first-order valence-electron chi connectivity index (χ1n) is 5.35. The van der Waals surface area contributed by atoms with Crippen LogP contribution in [0.25, 0.3) is 0 Å². The Morgan fingerprint density at radius 3 is 2.81 bits per heavy atom. The number of methoxy groups -OCH3 is 1. The van der Waals surface area contributed by atoms with Crippen molar-refractivity contribution in [3.63, 3.8) is 0 Å². The lowest BCUT2D eigenvalue weighted by Crippen LogP contribution is -2.34. The lowest BCUT2D eigenvalue weighted by molar-refractivity contribution is -0.124. The Labute approximate surface area is 95.8 Å². The molecule has 0 fully saturated rings. The predicted octanol–water partition coefficient (Wildman–Crippen LogP) is 0.824. The van der Waals surface area contributed by atoms with Crippen molar-refractivity contribution < 1.29 is 9.53 Å². The molecule has 0 saturated heterocycles. The molecule has 0 bridgehead atoms. The van der Waals surface area contributed by atoms with E-state index in [9.17, 15) is 4.79 Å². The van der Waals surface area contributed by atoms with Crippen LogP contribution in [0.1, 0.15) is 24.4 Å². The van der Waals surface area contributed by atoms with Gasteiger partial charge in [0, 0.05) is 19.3 Å². The van der Waals surface area contributed by atoms with Gasteiger partial charge in [-0.15, -0.1) is 0 Å². The molecule has 1 unspecified atom stereocenters. The topological polar surface area (TPSA) is 56.1 Å². The van der Waals surface area contributed by atoms with E-state index in [2.05, 4.69) is 10.4 Å². The lowest BCUT2D eigenvalue weighted by atomic mass is 10.3. The maximum atomic E-state index is 11.8. The zero-order chi connectivity index (χ0) is 12.1. The van der Waals surface area contributed by atoms with E-state index in [1.807, 2.05) is 26.8 Å². The minimum atomic E-state index is -0.287. The van der Waals surface area contributed by atoms with Crippen LogP contribution in [0.3, 0.4) is 0 Å². The van der Waals surface area contributed by atoms with Gasteiger partial charge in [0.25, 0.3) is 0 Å². The monoisotopic (exact) mass is 225 g/mol. The van der Waals surface area contributed by atoms with Crippen LogP contribution in [0.2, 0.25) is 0 Å². The lowest BCUT2D eigenvalue weighted by Gasteiger charge is -2.14. The number of hydrogen-bond donors (Lipinski definition) is 1. The zero-order valence-corrected chi connectivity index (χ0v) is 10.3. The average Bonchev–Trinajstić information content (AvgIpc) is 2.57. The molecule has 16 heavy (non-hydrogen) atoms. The molecule has 0 radical (unpaired) electrons. The Kier molecular flexibility index (Phi) is 4.49. The van der Waals surface area contributed by atoms with Crippen molar-refractivity contribution in [2.24, 2.45) is 0 Å². The van der Waals surface area contributed by atoms with E-state index in [1.54, 1.807) is 11.8 Å². The van der Waals surface area contributed by atoms with Crippen LogP contribution in [-0.2, 0) is 9.53 Å². The third-order valence-electron chi connectivity index (χ3n) is 2.40. The van der Waals surface area contributed by atoms with Crippen molar-refractivity contribution in [1.29, 1.82) is 0 Å². The van der Waals surface area contributed by atoms with Gasteiger partial charge in [0.15, 0.2) is 0 Å². The van der Waals surface area contributed by atoms with Crippen molar-refractivity contribution in [1.82, 2.24) is 15.1 Å². The molecule has 0 aromatic carbocycles. The summed E-state index contributed by atoms with van der Waals surface area (Å²) in [4.78, 5) is 11.8. The number of ether oxygens (including phenoxy) is 1. The molecular formula is C11H19N3O2. The molecule has 5 nitrogen and oxygen atoms in total. The molecule has 1 amide bonds. The summed E-state index contributed by atoms with van der Waals surface area (Å²) in [7, 11) is 1.61. The quantitative estimate of drug-likeness (QED) is 0.755. The van der Waals surface area contributed by atoms with E-state index >= 15 is 0 Å². The SMILES string of the molecule is COCCNC(=O)C(C)n1nc(C)cc1C. The number of nitrogens with one attached hydrogen (secondary N) is 1. The fourth-order valence-electron chi connectivity index (χ4n) is 1.57. The Balaban J connectivity index is 2.59. The maximum absolute atomic E-state index is 11.8. The standard InChI is InChI=1S/C11H19N3O2/c1-8-7-9(2)14(13-8)10(3)11(15)12-5-6-16-4/h7,10H,5-6H2,1-4H3,(H,12,15). The fraction of sp³-hybridized carbons (Fsp3) is 0.636. The molecule has 1 rings (SSSR count). The summed E-state index contributed by atoms with van der Waals surface area (Å²) >= 11 is 0. The van der Waals surface area contributed by atoms with Gasteiger partial charge in [0.1, 0.15) is 6.04 Å². The third-order valence-corrected chi connectivity index (χ3v) is 2.40. The van der Waals surface area contributed by atoms with Crippen LogP contribution < -0.4 is 5.32 Å². The Hall–Kier alpha value is -1.36. The van der Waals surface area contributed by atoms with Crippen molar-refractivity contribution in [3.05, 3.63) is 17.5 Å². The van der Waals surface area contributed by atoms with Crippen molar-refractivity contribution in [2.45, 2.75) is 26.8 Å². The smallest absolute Gasteiger partial charge is 0.244 e. The normalized spacial score (nSPS) is 12.5. The van der Waals surface area contributed by atoms with Crippen LogP contribution in [-0.4, -0.2) is 35.9 Å². The summed E-state index contributed by atoms with van der Waals surface area (Å²) in [5.41, 5.74) is 1.92. The highest BCUT2D eigenvalue weighted by Crippen LogP contribution is 2.10. The Bertz CT molecular complexity index is 360. The minimum absolute atomic E-state index is 0.0387. The molecule has 0 aliphatic rings. The van der Waals surface area contributed by atoms with Gasteiger partial charge < -0.3 is 10.1 Å². The summed E-state index contributed by atoms with van der Waals surface area (Å²) in [5, 5.41) is 7.08. The van der Waals surface area contributed by atoms with E-state index in [0.29, 0.717) is 13.2 Å². The molecule has 0 aliphatic heterocycles. The number of aromatic nitrogens is 2. The first kappa shape index (κ1) is 12.7. The number of aryl methyl sites for hydroxylation is 2. The van der Waals surface area contributed by atoms with Gasteiger partial charge >= 0.3 is 0 Å². The molecule has 5 heteroatoms. The molecular weight excluding hydrogens is 206 g/mol. The number of nitrogens with zero attached hydrogens (tertiary/aromatic N) is 2. The van der Waals surface area contributed by atoms with Crippen LogP contribution >= 0.6 is 0 Å². The van der Waals surface area contributed by atoms with Gasteiger partial charge in [0.05, 0.1) is 12.3 Å². The maximum Gasteiger partial charge on any atom is 0.244 e. The molecule has 0 saturated carbocycles. The number of carbonyl (C=O) groups is 1. The summed E-state index contributed by atoms with van der Waals surface area (Å²) in [6.07, 6.45) is 0. The summed E-state index contributed by atoms with van der Waals surface area (Å²) < 4.78 is 6.60. The van der Waals surface area contributed by atoms with Crippen LogP contribution in [0.15, 0.2) is 6.07 Å². The molecule has 0 spiro atoms. The van der Waals surface area contributed by atoms with E-state index in [-0.39, 0.29) is 11.9 Å². The second-order valence-corrected chi connectivity index (χ2v) is 3.83. The predicted molar refractivity (Wildman–Crippen MR) is 61.3 cm³/mol. The summed E-state index contributed by atoms with van der Waals surface area (Å²) in [5.74, 6) is -0.0387. The van der Waals surface area contributed by atoms with Crippen molar-refractivity contribution in [3.8, 4) is 0 Å². The zero-order valence-electron chi connectivity index (χ0n) is 10.3. The fourth-order valence-corrected chi connectivity index (χ4v) is 1.57. The highest BCUT2D eigenvalue weighted by Gasteiger charge is 2.16. The van der Waals surface area contributed by atoms with E-state index < -0.39 is 0 Å². The summed E-state index contributed by atoms with van der Waals surface area (Å²) in [6, 6.07) is 1.67. The van der Waals surface area contributed by atoms with Gasteiger partial charge in [-0.05, 0) is 26.8 Å².